The second kappa shape index (κ2) is 7.10. The zero-order valence-corrected chi connectivity index (χ0v) is 11.0. The predicted molar refractivity (Wildman–Crippen MR) is 70.0 cm³/mol. The molecule has 1 saturated heterocycles. The number of methoxy groups -OCH3 is 1. The third kappa shape index (κ3) is 3.93. The fraction of sp³-hybridized carbons (Fsp3) is 0.500. The number of nitrogens with zero attached hydrogens (tertiary/aromatic N) is 1. The first-order valence-electron chi connectivity index (χ1n) is 6.30. The number of ether oxygens (including phenoxy) is 3. The molecule has 0 amide bonds. The molecule has 0 bridgehead atoms. The van der Waals surface area contributed by atoms with Gasteiger partial charge >= 0.3 is 0 Å². The minimum Gasteiger partial charge on any atom is -0.495 e. The molecule has 0 aromatic heterocycles. The molecular weight excluding hydrogens is 244 g/mol. The molecule has 1 N–H and O–H groups in total. The van der Waals surface area contributed by atoms with Crippen molar-refractivity contribution in [3.05, 3.63) is 29.3 Å². The van der Waals surface area contributed by atoms with Crippen molar-refractivity contribution in [2.45, 2.75) is 12.7 Å². The van der Waals surface area contributed by atoms with Gasteiger partial charge in [-0.2, -0.15) is 5.26 Å². The molecule has 1 fully saturated rings. The number of hydrogen-bond donors (Lipinski definition) is 1. The van der Waals surface area contributed by atoms with Crippen LogP contribution in [0.2, 0.25) is 0 Å². The van der Waals surface area contributed by atoms with Crippen LogP contribution < -0.4 is 10.1 Å². The molecule has 0 saturated carbocycles. The fourth-order valence-electron chi connectivity index (χ4n) is 1.97. The lowest BCUT2D eigenvalue weighted by Gasteiger charge is -2.23. The van der Waals surface area contributed by atoms with E-state index in [9.17, 15) is 0 Å². The molecule has 1 unspecified atom stereocenters. The van der Waals surface area contributed by atoms with E-state index in [1.165, 1.54) is 0 Å². The molecule has 1 aromatic carbocycles. The number of hydrogen-bond acceptors (Lipinski definition) is 5. The van der Waals surface area contributed by atoms with Crippen LogP contribution in [0.25, 0.3) is 0 Å². The van der Waals surface area contributed by atoms with Crippen molar-refractivity contribution in [3.63, 3.8) is 0 Å². The summed E-state index contributed by atoms with van der Waals surface area (Å²) < 4.78 is 16.3. The van der Waals surface area contributed by atoms with Gasteiger partial charge in [0.1, 0.15) is 11.8 Å². The van der Waals surface area contributed by atoms with Gasteiger partial charge in [0.05, 0.1) is 38.6 Å². The van der Waals surface area contributed by atoms with Gasteiger partial charge in [-0.3, -0.25) is 0 Å². The van der Waals surface area contributed by atoms with Crippen molar-refractivity contribution in [1.29, 1.82) is 5.26 Å². The standard InChI is InChI=1S/C14H18N2O3/c1-17-14-3-2-11(6-12(14)7-15)9-18-10-13-8-16-4-5-19-13/h2-3,6,13,16H,4-5,8-10H2,1H3. The Balaban J connectivity index is 1.84. The maximum absolute atomic E-state index is 9.00. The van der Waals surface area contributed by atoms with Gasteiger partial charge in [-0.1, -0.05) is 6.07 Å². The second-order valence-corrected chi connectivity index (χ2v) is 4.36. The molecule has 1 atom stereocenters. The molecule has 1 aliphatic heterocycles. The van der Waals surface area contributed by atoms with Gasteiger partial charge in [0.2, 0.25) is 0 Å². The van der Waals surface area contributed by atoms with E-state index >= 15 is 0 Å². The smallest absolute Gasteiger partial charge is 0.136 e. The average molecular weight is 262 g/mol. The number of benzene rings is 1. The molecule has 1 aromatic rings. The number of morpholine rings is 1. The topological polar surface area (TPSA) is 63.5 Å². The van der Waals surface area contributed by atoms with Gasteiger partial charge in [0, 0.05) is 13.1 Å². The van der Waals surface area contributed by atoms with Crippen molar-refractivity contribution in [2.24, 2.45) is 0 Å². The third-order valence-corrected chi connectivity index (χ3v) is 2.96. The van der Waals surface area contributed by atoms with E-state index < -0.39 is 0 Å². The van der Waals surface area contributed by atoms with Gasteiger partial charge in [-0.05, 0) is 17.7 Å². The van der Waals surface area contributed by atoms with E-state index in [4.69, 9.17) is 19.5 Å². The molecule has 5 nitrogen and oxygen atoms in total. The molecule has 2 rings (SSSR count). The average Bonchev–Trinajstić information content (AvgIpc) is 2.48. The molecule has 5 heteroatoms. The van der Waals surface area contributed by atoms with Crippen LogP contribution in [0.15, 0.2) is 18.2 Å². The summed E-state index contributed by atoms with van der Waals surface area (Å²) in [5.41, 5.74) is 1.49. The highest BCUT2D eigenvalue weighted by atomic mass is 16.5. The highest BCUT2D eigenvalue weighted by molar-refractivity contribution is 5.45. The summed E-state index contributed by atoms with van der Waals surface area (Å²) in [5.74, 6) is 0.589. The van der Waals surface area contributed by atoms with Crippen LogP contribution in [0.5, 0.6) is 5.75 Å². The lowest BCUT2D eigenvalue weighted by Crippen LogP contribution is -2.40. The minimum absolute atomic E-state index is 0.113. The van der Waals surface area contributed by atoms with Crippen molar-refractivity contribution in [2.75, 3.05) is 33.4 Å². The van der Waals surface area contributed by atoms with Crippen LogP contribution in [0, 0.1) is 11.3 Å². The van der Waals surface area contributed by atoms with Gasteiger partial charge < -0.3 is 19.5 Å². The van der Waals surface area contributed by atoms with E-state index in [1.807, 2.05) is 6.07 Å². The lowest BCUT2D eigenvalue weighted by molar-refractivity contribution is -0.0357. The Morgan fingerprint density at radius 3 is 3.11 bits per heavy atom. The summed E-state index contributed by atoms with van der Waals surface area (Å²) in [5, 5.41) is 12.3. The number of rotatable bonds is 5. The first-order chi connectivity index (χ1) is 9.33. The maximum Gasteiger partial charge on any atom is 0.136 e. The van der Waals surface area contributed by atoms with Crippen LogP contribution in [0.4, 0.5) is 0 Å². The maximum atomic E-state index is 9.00. The summed E-state index contributed by atoms with van der Waals surface area (Å²) in [6, 6.07) is 7.59. The molecule has 0 aliphatic carbocycles. The van der Waals surface area contributed by atoms with Crippen molar-refractivity contribution in [3.8, 4) is 11.8 Å². The van der Waals surface area contributed by atoms with Gasteiger partial charge in [-0.25, -0.2) is 0 Å². The minimum atomic E-state index is 0.113. The Morgan fingerprint density at radius 1 is 1.53 bits per heavy atom. The Kier molecular flexibility index (Phi) is 5.16. The van der Waals surface area contributed by atoms with Crippen molar-refractivity contribution in [1.82, 2.24) is 5.32 Å². The zero-order chi connectivity index (χ0) is 13.5. The fourth-order valence-corrected chi connectivity index (χ4v) is 1.97. The Labute approximate surface area is 113 Å². The quantitative estimate of drug-likeness (QED) is 0.860. The zero-order valence-electron chi connectivity index (χ0n) is 11.0. The first kappa shape index (κ1) is 13.8. The molecule has 0 spiro atoms. The summed E-state index contributed by atoms with van der Waals surface area (Å²) in [4.78, 5) is 0. The largest absolute Gasteiger partial charge is 0.495 e. The SMILES string of the molecule is COc1ccc(COCC2CNCCO2)cc1C#N. The highest BCUT2D eigenvalue weighted by Crippen LogP contribution is 2.19. The molecule has 1 aliphatic rings. The van der Waals surface area contributed by atoms with Crippen LogP contribution in [0.3, 0.4) is 0 Å². The lowest BCUT2D eigenvalue weighted by atomic mass is 10.1. The molecular formula is C14H18N2O3. The first-order valence-corrected chi connectivity index (χ1v) is 6.30. The van der Waals surface area contributed by atoms with E-state index in [0.29, 0.717) is 24.5 Å². The van der Waals surface area contributed by atoms with Gasteiger partial charge in [0.15, 0.2) is 0 Å². The molecule has 1 heterocycles. The van der Waals surface area contributed by atoms with Crippen LogP contribution in [-0.4, -0.2) is 39.5 Å². The predicted octanol–water partition coefficient (Wildman–Crippen LogP) is 1.07. The molecule has 0 radical (unpaired) electrons. The Hall–Kier alpha value is -1.61. The monoisotopic (exact) mass is 262 g/mol. The van der Waals surface area contributed by atoms with Gasteiger partial charge in [-0.15, -0.1) is 0 Å². The highest BCUT2D eigenvalue weighted by Gasteiger charge is 2.13. The summed E-state index contributed by atoms with van der Waals surface area (Å²) >= 11 is 0. The number of nitriles is 1. The summed E-state index contributed by atoms with van der Waals surface area (Å²) in [7, 11) is 1.56. The number of nitrogens with one attached hydrogen (secondary N) is 1. The van der Waals surface area contributed by atoms with E-state index in [2.05, 4.69) is 11.4 Å². The van der Waals surface area contributed by atoms with Crippen LogP contribution in [-0.2, 0) is 16.1 Å². The normalized spacial score (nSPS) is 18.8. The molecule has 19 heavy (non-hydrogen) atoms. The van der Waals surface area contributed by atoms with Crippen molar-refractivity contribution >= 4 is 0 Å². The summed E-state index contributed by atoms with van der Waals surface area (Å²) in [6.45, 7) is 3.49. The Bertz CT molecular complexity index is 450. The van der Waals surface area contributed by atoms with Crippen molar-refractivity contribution < 1.29 is 14.2 Å². The van der Waals surface area contributed by atoms with E-state index in [0.717, 1.165) is 25.3 Å². The van der Waals surface area contributed by atoms with E-state index in [-0.39, 0.29) is 6.10 Å². The third-order valence-electron chi connectivity index (χ3n) is 2.96. The van der Waals surface area contributed by atoms with Crippen LogP contribution >= 0.6 is 0 Å². The molecule has 102 valence electrons. The van der Waals surface area contributed by atoms with E-state index in [1.54, 1.807) is 19.2 Å². The summed E-state index contributed by atoms with van der Waals surface area (Å²) in [6.07, 6.45) is 0.113. The van der Waals surface area contributed by atoms with Crippen LogP contribution in [0.1, 0.15) is 11.1 Å². The Morgan fingerprint density at radius 2 is 2.42 bits per heavy atom. The second-order valence-electron chi connectivity index (χ2n) is 4.36. The van der Waals surface area contributed by atoms with Gasteiger partial charge in [0.25, 0.3) is 0 Å².